The lowest BCUT2D eigenvalue weighted by Gasteiger charge is -2.15. The lowest BCUT2D eigenvalue weighted by Crippen LogP contribution is -2.21. The first-order valence-electron chi connectivity index (χ1n) is 6.44. The molecule has 1 unspecified atom stereocenters. The molecule has 1 aromatic carbocycles. The van der Waals surface area contributed by atoms with Crippen LogP contribution in [0, 0.1) is 6.92 Å². The molecule has 18 heavy (non-hydrogen) atoms. The lowest BCUT2D eigenvalue weighted by atomic mass is 10.1. The maximum Gasteiger partial charge on any atom is 0.338 e. The second-order valence-electron chi connectivity index (χ2n) is 4.46. The number of carbonyl (C=O) groups is 1. The van der Waals surface area contributed by atoms with Crippen molar-refractivity contribution < 1.29 is 14.3 Å². The summed E-state index contributed by atoms with van der Waals surface area (Å²) in [6.45, 7) is 4.44. The van der Waals surface area contributed by atoms with Crippen molar-refractivity contribution in [2.75, 3.05) is 13.7 Å². The van der Waals surface area contributed by atoms with E-state index in [9.17, 15) is 4.79 Å². The Morgan fingerprint density at radius 2 is 1.94 bits per heavy atom. The van der Waals surface area contributed by atoms with Crippen LogP contribution in [0.3, 0.4) is 0 Å². The Bertz CT molecular complexity index is 357. The summed E-state index contributed by atoms with van der Waals surface area (Å²) in [4.78, 5) is 11.8. The fourth-order valence-electron chi connectivity index (χ4n) is 1.64. The Labute approximate surface area is 109 Å². The van der Waals surface area contributed by atoms with Crippen LogP contribution in [-0.4, -0.2) is 25.8 Å². The first kappa shape index (κ1) is 14.7. The molecular weight excluding hydrogens is 228 g/mol. The van der Waals surface area contributed by atoms with Gasteiger partial charge in [0.15, 0.2) is 0 Å². The van der Waals surface area contributed by atoms with Gasteiger partial charge in [0.05, 0.1) is 11.7 Å². The molecule has 1 aromatic rings. The summed E-state index contributed by atoms with van der Waals surface area (Å²) in [5, 5.41) is 0. The highest BCUT2D eigenvalue weighted by atomic mass is 16.6. The molecule has 0 bridgehead atoms. The van der Waals surface area contributed by atoms with Gasteiger partial charge in [0.25, 0.3) is 0 Å². The molecule has 0 fully saturated rings. The van der Waals surface area contributed by atoms with E-state index in [1.807, 2.05) is 19.1 Å². The number of hydrogen-bond acceptors (Lipinski definition) is 3. The highest BCUT2D eigenvalue weighted by molar-refractivity contribution is 5.89. The number of rotatable bonds is 7. The van der Waals surface area contributed by atoms with E-state index in [1.54, 1.807) is 19.2 Å². The van der Waals surface area contributed by atoms with Crippen molar-refractivity contribution in [3.63, 3.8) is 0 Å². The normalized spacial score (nSPS) is 12.2. The number of unbranched alkanes of at least 4 members (excludes halogenated alkanes) is 1. The second kappa shape index (κ2) is 7.88. The summed E-state index contributed by atoms with van der Waals surface area (Å²) >= 11 is 0. The largest absolute Gasteiger partial charge is 0.459 e. The van der Waals surface area contributed by atoms with Gasteiger partial charge in [-0.2, -0.15) is 0 Å². The van der Waals surface area contributed by atoms with Gasteiger partial charge < -0.3 is 9.47 Å². The van der Waals surface area contributed by atoms with Gasteiger partial charge in [-0.1, -0.05) is 37.5 Å². The van der Waals surface area contributed by atoms with Gasteiger partial charge in [0.2, 0.25) is 0 Å². The Hall–Kier alpha value is -1.35. The number of esters is 1. The molecule has 3 heteroatoms. The molecule has 0 aliphatic rings. The molecule has 1 rings (SSSR count). The molecule has 1 atom stereocenters. The first-order valence-corrected chi connectivity index (χ1v) is 6.44. The maximum atomic E-state index is 11.8. The van der Waals surface area contributed by atoms with Crippen molar-refractivity contribution >= 4 is 5.97 Å². The summed E-state index contributed by atoms with van der Waals surface area (Å²) < 4.78 is 10.5. The Balaban J connectivity index is 2.42. The highest BCUT2D eigenvalue weighted by Crippen LogP contribution is 2.08. The van der Waals surface area contributed by atoms with E-state index in [0.717, 1.165) is 24.8 Å². The maximum absolute atomic E-state index is 11.8. The van der Waals surface area contributed by atoms with Crippen LogP contribution in [-0.2, 0) is 9.47 Å². The molecule has 0 aromatic heterocycles. The van der Waals surface area contributed by atoms with Gasteiger partial charge in [-0.3, -0.25) is 0 Å². The molecule has 0 amide bonds. The lowest BCUT2D eigenvalue weighted by molar-refractivity contribution is 0.00734. The van der Waals surface area contributed by atoms with Gasteiger partial charge >= 0.3 is 5.97 Å². The number of aryl methyl sites for hydroxylation is 1. The smallest absolute Gasteiger partial charge is 0.338 e. The van der Waals surface area contributed by atoms with Crippen molar-refractivity contribution in [1.82, 2.24) is 0 Å². The Morgan fingerprint density at radius 3 is 2.50 bits per heavy atom. The molecule has 0 aliphatic heterocycles. The summed E-state index contributed by atoms with van der Waals surface area (Å²) in [6.07, 6.45) is 3.12. The summed E-state index contributed by atoms with van der Waals surface area (Å²) in [7, 11) is 1.65. The minimum atomic E-state index is -0.284. The third-order valence-corrected chi connectivity index (χ3v) is 2.90. The average molecular weight is 250 g/mol. The molecule has 0 radical (unpaired) electrons. The van der Waals surface area contributed by atoms with Gasteiger partial charge in [-0.25, -0.2) is 4.79 Å². The molecule has 0 spiro atoms. The van der Waals surface area contributed by atoms with Gasteiger partial charge in [-0.05, 0) is 25.5 Å². The van der Waals surface area contributed by atoms with Gasteiger partial charge in [0.1, 0.15) is 6.61 Å². The zero-order valence-corrected chi connectivity index (χ0v) is 11.4. The van der Waals surface area contributed by atoms with E-state index < -0.39 is 0 Å². The average Bonchev–Trinajstić information content (AvgIpc) is 2.39. The molecule has 3 nitrogen and oxygen atoms in total. The van der Waals surface area contributed by atoms with E-state index in [2.05, 4.69) is 6.92 Å². The molecule has 0 saturated heterocycles. The van der Waals surface area contributed by atoms with Crippen LogP contribution in [0.1, 0.15) is 42.1 Å². The monoisotopic (exact) mass is 250 g/mol. The van der Waals surface area contributed by atoms with Gasteiger partial charge in [0, 0.05) is 7.11 Å². The van der Waals surface area contributed by atoms with E-state index in [1.165, 1.54) is 0 Å². The number of ether oxygens (including phenoxy) is 2. The number of hydrogen-bond donors (Lipinski definition) is 0. The summed E-state index contributed by atoms with van der Waals surface area (Å²) in [6, 6.07) is 7.37. The zero-order valence-electron chi connectivity index (χ0n) is 11.4. The highest BCUT2D eigenvalue weighted by Gasteiger charge is 2.12. The number of benzene rings is 1. The van der Waals surface area contributed by atoms with Crippen LogP contribution >= 0.6 is 0 Å². The predicted octanol–water partition coefficient (Wildman–Crippen LogP) is 3.36. The zero-order chi connectivity index (χ0) is 13.4. The van der Waals surface area contributed by atoms with Crippen LogP contribution in [0.25, 0.3) is 0 Å². The molecule has 0 saturated carbocycles. The quantitative estimate of drug-likeness (QED) is 0.696. The fraction of sp³-hybridized carbons (Fsp3) is 0.533. The van der Waals surface area contributed by atoms with Crippen LogP contribution < -0.4 is 0 Å². The van der Waals surface area contributed by atoms with Crippen LogP contribution in [0.4, 0.5) is 0 Å². The molecule has 0 aliphatic carbocycles. The second-order valence-corrected chi connectivity index (χ2v) is 4.46. The predicted molar refractivity (Wildman–Crippen MR) is 71.8 cm³/mol. The summed E-state index contributed by atoms with van der Waals surface area (Å²) in [5.41, 5.74) is 1.72. The number of carbonyl (C=O) groups excluding carboxylic acids is 1. The van der Waals surface area contributed by atoms with Crippen LogP contribution in [0.15, 0.2) is 24.3 Å². The van der Waals surface area contributed by atoms with E-state index >= 15 is 0 Å². The summed E-state index contributed by atoms with van der Waals surface area (Å²) in [5.74, 6) is -0.284. The van der Waals surface area contributed by atoms with Crippen LogP contribution in [0.5, 0.6) is 0 Å². The molecule has 100 valence electrons. The van der Waals surface area contributed by atoms with Crippen molar-refractivity contribution in [2.24, 2.45) is 0 Å². The Morgan fingerprint density at radius 1 is 1.28 bits per heavy atom. The van der Waals surface area contributed by atoms with Gasteiger partial charge in [-0.15, -0.1) is 0 Å². The van der Waals surface area contributed by atoms with Crippen molar-refractivity contribution in [2.45, 2.75) is 39.2 Å². The van der Waals surface area contributed by atoms with Crippen LogP contribution in [0.2, 0.25) is 0 Å². The SMILES string of the molecule is CCCCC(COC(=O)c1ccc(C)cc1)OC. The molecule has 0 N–H and O–H groups in total. The minimum absolute atomic E-state index is 0.000603. The van der Waals surface area contributed by atoms with Crippen molar-refractivity contribution in [3.05, 3.63) is 35.4 Å². The van der Waals surface area contributed by atoms with E-state index in [4.69, 9.17) is 9.47 Å². The third-order valence-electron chi connectivity index (χ3n) is 2.90. The van der Waals surface area contributed by atoms with E-state index in [0.29, 0.717) is 12.2 Å². The van der Waals surface area contributed by atoms with E-state index in [-0.39, 0.29) is 12.1 Å². The number of methoxy groups -OCH3 is 1. The first-order chi connectivity index (χ1) is 8.67. The topological polar surface area (TPSA) is 35.5 Å². The minimum Gasteiger partial charge on any atom is -0.459 e. The standard InChI is InChI=1S/C15H22O3/c1-4-5-6-14(17-3)11-18-15(16)13-9-7-12(2)8-10-13/h7-10,14H,4-6,11H2,1-3H3. The molecule has 0 heterocycles. The fourth-order valence-corrected chi connectivity index (χ4v) is 1.64. The third kappa shape index (κ3) is 4.88. The van der Waals surface area contributed by atoms with Crippen molar-refractivity contribution in [1.29, 1.82) is 0 Å². The van der Waals surface area contributed by atoms with Crippen molar-refractivity contribution in [3.8, 4) is 0 Å². The molecular formula is C15H22O3. The Kier molecular flexibility index (Phi) is 6.44.